The molecule has 1 aromatic rings. The third kappa shape index (κ3) is 4.23. The summed E-state index contributed by atoms with van der Waals surface area (Å²) in [6.07, 6.45) is 8.09. The van der Waals surface area contributed by atoms with E-state index in [1.807, 2.05) is 24.3 Å². The highest BCUT2D eigenvalue weighted by molar-refractivity contribution is 5.92. The summed E-state index contributed by atoms with van der Waals surface area (Å²) in [4.78, 5) is 12.2. The van der Waals surface area contributed by atoms with Gasteiger partial charge < -0.3 is 14.8 Å². The van der Waals surface area contributed by atoms with Crippen LogP contribution in [-0.4, -0.2) is 25.2 Å². The smallest absolute Gasteiger partial charge is 0.227 e. The number of carbonyl (C=O) groups excluding carboxylic acids is 1. The number of benzene rings is 1. The Morgan fingerprint density at radius 3 is 2.55 bits per heavy atom. The minimum absolute atomic E-state index is 0.160. The van der Waals surface area contributed by atoms with Crippen LogP contribution in [0, 0.1) is 5.92 Å². The summed E-state index contributed by atoms with van der Waals surface area (Å²) in [5, 5.41) is 3.02. The van der Waals surface area contributed by atoms with Gasteiger partial charge in [-0.15, -0.1) is 0 Å². The molecule has 1 amide bonds. The van der Waals surface area contributed by atoms with Gasteiger partial charge in [-0.1, -0.05) is 19.3 Å². The molecule has 1 aromatic carbocycles. The molecule has 0 bridgehead atoms. The molecule has 1 saturated carbocycles. The quantitative estimate of drug-likeness (QED) is 0.901. The maximum atomic E-state index is 12.2. The number of nitrogens with one attached hydrogen (secondary N) is 1. The number of rotatable bonds is 5. The van der Waals surface area contributed by atoms with Gasteiger partial charge in [0.2, 0.25) is 5.91 Å². The second-order valence-electron chi connectivity index (χ2n) is 6.29. The summed E-state index contributed by atoms with van der Waals surface area (Å²) in [5.41, 5.74) is 0.847. The van der Waals surface area contributed by atoms with Gasteiger partial charge in [-0.2, -0.15) is 0 Å². The Morgan fingerprint density at radius 1 is 1.09 bits per heavy atom. The molecule has 120 valence electrons. The first-order valence-corrected chi connectivity index (χ1v) is 8.46. The molecule has 1 saturated heterocycles. The number of ether oxygens (including phenoxy) is 2. The fourth-order valence-electron chi connectivity index (χ4n) is 3.21. The zero-order valence-corrected chi connectivity index (χ0v) is 13.1. The fraction of sp³-hybridized carbons (Fsp3) is 0.611. The van der Waals surface area contributed by atoms with Crippen molar-refractivity contribution in [2.45, 2.75) is 51.0 Å². The van der Waals surface area contributed by atoms with Crippen molar-refractivity contribution in [3.8, 4) is 5.75 Å². The Labute approximate surface area is 132 Å². The molecule has 0 aromatic heterocycles. The highest BCUT2D eigenvalue weighted by Crippen LogP contribution is 2.25. The van der Waals surface area contributed by atoms with Crippen molar-refractivity contribution in [2.24, 2.45) is 5.92 Å². The monoisotopic (exact) mass is 303 g/mol. The molecular weight excluding hydrogens is 278 g/mol. The van der Waals surface area contributed by atoms with Gasteiger partial charge in [0.05, 0.1) is 6.10 Å². The van der Waals surface area contributed by atoms with Crippen LogP contribution in [0.3, 0.4) is 0 Å². The van der Waals surface area contributed by atoms with Crippen LogP contribution >= 0.6 is 0 Å². The van der Waals surface area contributed by atoms with Crippen molar-refractivity contribution >= 4 is 11.6 Å². The maximum absolute atomic E-state index is 12.2. The molecule has 1 aliphatic heterocycles. The van der Waals surface area contributed by atoms with Gasteiger partial charge in [0, 0.05) is 18.2 Å². The lowest BCUT2D eigenvalue weighted by Gasteiger charge is -2.20. The highest BCUT2D eigenvalue weighted by atomic mass is 16.5. The second-order valence-corrected chi connectivity index (χ2v) is 6.29. The molecule has 1 aliphatic carbocycles. The van der Waals surface area contributed by atoms with Crippen LogP contribution in [0.25, 0.3) is 0 Å². The average Bonchev–Trinajstić information content (AvgIpc) is 3.08. The lowest BCUT2D eigenvalue weighted by molar-refractivity contribution is -0.120. The number of anilines is 1. The van der Waals surface area contributed by atoms with Gasteiger partial charge in [-0.05, 0) is 49.9 Å². The minimum Gasteiger partial charge on any atom is -0.491 e. The van der Waals surface area contributed by atoms with E-state index in [2.05, 4.69) is 5.32 Å². The van der Waals surface area contributed by atoms with E-state index >= 15 is 0 Å². The van der Waals surface area contributed by atoms with E-state index in [1.54, 1.807) is 0 Å². The zero-order valence-electron chi connectivity index (χ0n) is 13.1. The summed E-state index contributed by atoms with van der Waals surface area (Å²) in [6.45, 7) is 1.45. The summed E-state index contributed by atoms with van der Waals surface area (Å²) < 4.78 is 11.3. The lowest BCUT2D eigenvalue weighted by Crippen LogP contribution is -2.24. The summed E-state index contributed by atoms with van der Waals surface area (Å²) in [7, 11) is 0. The van der Waals surface area contributed by atoms with Gasteiger partial charge in [-0.3, -0.25) is 4.79 Å². The first kappa shape index (κ1) is 15.3. The van der Waals surface area contributed by atoms with Crippen molar-refractivity contribution in [2.75, 3.05) is 18.5 Å². The molecule has 2 aliphatic rings. The van der Waals surface area contributed by atoms with Crippen molar-refractivity contribution in [3.63, 3.8) is 0 Å². The molecule has 2 fully saturated rings. The van der Waals surface area contributed by atoms with Crippen molar-refractivity contribution < 1.29 is 14.3 Å². The van der Waals surface area contributed by atoms with E-state index in [-0.39, 0.29) is 17.9 Å². The van der Waals surface area contributed by atoms with E-state index in [0.29, 0.717) is 6.61 Å². The van der Waals surface area contributed by atoms with Crippen LogP contribution in [0.5, 0.6) is 5.75 Å². The molecule has 4 nitrogen and oxygen atoms in total. The van der Waals surface area contributed by atoms with Crippen molar-refractivity contribution in [1.82, 2.24) is 0 Å². The second kappa shape index (κ2) is 7.63. The number of hydrogen-bond acceptors (Lipinski definition) is 3. The van der Waals surface area contributed by atoms with E-state index < -0.39 is 0 Å². The molecule has 1 heterocycles. The predicted molar refractivity (Wildman–Crippen MR) is 86.1 cm³/mol. The Morgan fingerprint density at radius 2 is 1.86 bits per heavy atom. The van der Waals surface area contributed by atoms with Gasteiger partial charge in [0.1, 0.15) is 12.4 Å². The Bertz CT molecular complexity index is 474. The zero-order chi connectivity index (χ0) is 15.2. The molecule has 1 N–H and O–H groups in total. The maximum Gasteiger partial charge on any atom is 0.227 e. The molecule has 4 heteroatoms. The van der Waals surface area contributed by atoms with Gasteiger partial charge in [0.15, 0.2) is 0 Å². The van der Waals surface area contributed by atoms with Crippen LogP contribution in [0.2, 0.25) is 0 Å². The minimum atomic E-state index is 0.160. The lowest BCUT2D eigenvalue weighted by atomic mass is 9.88. The van der Waals surface area contributed by atoms with Crippen LogP contribution in [0.1, 0.15) is 44.9 Å². The van der Waals surface area contributed by atoms with Crippen molar-refractivity contribution in [1.29, 1.82) is 0 Å². The molecule has 22 heavy (non-hydrogen) atoms. The van der Waals surface area contributed by atoms with E-state index in [9.17, 15) is 4.79 Å². The van der Waals surface area contributed by atoms with Crippen molar-refractivity contribution in [3.05, 3.63) is 24.3 Å². The van der Waals surface area contributed by atoms with E-state index in [1.165, 1.54) is 19.3 Å². The number of hydrogen-bond donors (Lipinski definition) is 1. The van der Waals surface area contributed by atoms with E-state index in [4.69, 9.17) is 9.47 Å². The molecular formula is C18H25NO3. The molecule has 0 spiro atoms. The van der Waals surface area contributed by atoms with E-state index in [0.717, 1.165) is 43.7 Å². The summed E-state index contributed by atoms with van der Waals surface area (Å²) in [5.74, 6) is 1.17. The first-order chi connectivity index (χ1) is 10.8. The largest absolute Gasteiger partial charge is 0.491 e. The van der Waals surface area contributed by atoms with Gasteiger partial charge >= 0.3 is 0 Å². The van der Waals surface area contributed by atoms with Crippen LogP contribution < -0.4 is 10.1 Å². The Hall–Kier alpha value is -1.55. The van der Waals surface area contributed by atoms with Crippen LogP contribution in [-0.2, 0) is 9.53 Å². The molecule has 0 radical (unpaired) electrons. The third-order valence-electron chi connectivity index (χ3n) is 4.56. The molecule has 0 unspecified atom stereocenters. The summed E-state index contributed by atoms with van der Waals surface area (Å²) >= 11 is 0. The number of amides is 1. The van der Waals surface area contributed by atoms with Gasteiger partial charge in [0.25, 0.3) is 0 Å². The SMILES string of the molecule is O=C(Nc1ccc(OC[C@H]2CCCO2)cc1)C1CCCCC1. The average molecular weight is 303 g/mol. The Balaban J connectivity index is 1.47. The van der Waals surface area contributed by atoms with Gasteiger partial charge in [-0.25, -0.2) is 0 Å². The highest BCUT2D eigenvalue weighted by Gasteiger charge is 2.21. The third-order valence-corrected chi connectivity index (χ3v) is 4.56. The summed E-state index contributed by atoms with van der Waals surface area (Å²) in [6, 6.07) is 7.63. The normalized spacial score (nSPS) is 22.5. The molecule has 1 atom stereocenters. The Kier molecular flexibility index (Phi) is 5.33. The predicted octanol–water partition coefficient (Wildman–Crippen LogP) is 3.76. The first-order valence-electron chi connectivity index (χ1n) is 8.46. The topological polar surface area (TPSA) is 47.6 Å². The van der Waals surface area contributed by atoms with Crippen LogP contribution in [0.15, 0.2) is 24.3 Å². The standard InChI is InChI=1S/C18H25NO3/c20-18(14-5-2-1-3-6-14)19-15-8-10-16(11-9-15)22-13-17-7-4-12-21-17/h8-11,14,17H,1-7,12-13H2,(H,19,20)/t17-/m1/s1. The van der Waals surface area contributed by atoms with Crippen LogP contribution in [0.4, 0.5) is 5.69 Å². The number of carbonyl (C=O) groups is 1. The molecule has 3 rings (SSSR count). The fourth-order valence-corrected chi connectivity index (χ4v) is 3.21.